The molecule has 0 amide bonds. The van der Waals surface area contributed by atoms with Gasteiger partial charge in [-0.1, -0.05) is 0 Å². The number of nitrogens with one attached hydrogen (secondary N) is 1. The molecule has 1 aliphatic rings. The zero-order valence-electron chi connectivity index (χ0n) is 14.5. The fraction of sp³-hybridized carbons (Fsp3) is 0.353. The topological polar surface area (TPSA) is 104 Å². The molecule has 1 saturated heterocycles. The minimum absolute atomic E-state index is 0.127. The van der Waals surface area contributed by atoms with Crippen molar-refractivity contribution in [3.63, 3.8) is 0 Å². The molecule has 1 fully saturated rings. The van der Waals surface area contributed by atoms with Crippen LogP contribution in [0, 0.1) is 0 Å². The number of fused-ring (bicyclic) bond motifs is 1. The van der Waals surface area contributed by atoms with Gasteiger partial charge in [0, 0.05) is 12.7 Å². The second kappa shape index (κ2) is 6.68. The molecule has 1 atom stereocenters. The molecule has 3 aromatic rings. The van der Waals surface area contributed by atoms with Crippen molar-refractivity contribution in [1.82, 2.24) is 19.5 Å². The van der Waals surface area contributed by atoms with E-state index in [2.05, 4.69) is 20.3 Å². The van der Waals surface area contributed by atoms with Crippen LogP contribution in [0.25, 0.3) is 11.2 Å². The lowest BCUT2D eigenvalue weighted by Gasteiger charge is -2.13. The van der Waals surface area contributed by atoms with Gasteiger partial charge in [0.1, 0.15) is 17.7 Å². The number of methoxy groups -OCH3 is 2. The number of imidazole rings is 1. The second-order valence-corrected chi connectivity index (χ2v) is 5.86. The van der Waals surface area contributed by atoms with E-state index in [1.54, 1.807) is 38.7 Å². The maximum Gasteiger partial charge on any atom is 0.318 e. The van der Waals surface area contributed by atoms with Crippen molar-refractivity contribution in [2.45, 2.75) is 19.1 Å². The third-order valence-corrected chi connectivity index (χ3v) is 4.29. The van der Waals surface area contributed by atoms with Crippen molar-refractivity contribution in [1.29, 1.82) is 0 Å². The third kappa shape index (κ3) is 2.86. The summed E-state index contributed by atoms with van der Waals surface area (Å²) in [5, 5.41) is 13.1. The zero-order valence-corrected chi connectivity index (χ0v) is 14.5. The van der Waals surface area contributed by atoms with Gasteiger partial charge < -0.3 is 24.6 Å². The number of rotatable bonds is 5. The van der Waals surface area contributed by atoms with E-state index in [0.717, 1.165) is 12.8 Å². The lowest BCUT2D eigenvalue weighted by Crippen LogP contribution is -2.07. The van der Waals surface area contributed by atoms with Gasteiger partial charge in [-0.25, -0.2) is 4.98 Å². The highest BCUT2D eigenvalue weighted by atomic mass is 16.5. The van der Waals surface area contributed by atoms with Crippen molar-refractivity contribution < 1.29 is 19.3 Å². The van der Waals surface area contributed by atoms with Crippen LogP contribution in [0.15, 0.2) is 24.5 Å². The maximum absolute atomic E-state index is 9.99. The van der Waals surface area contributed by atoms with Crippen LogP contribution in [0.1, 0.15) is 19.1 Å². The van der Waals surface area contributed by atoms with Crippen LogP contribution in [-0.2, 0) is 4.74 Å². The summed E-state index contributed by atoms with van der Waals surface area (Å²) in [6, 6.07) is 5.02. The van der Waals surface area contributed by atoms with Crippen molar-refractivity contribution in [3.8, 4) is 17.5 Å². The Morgan fingerprint density at radius 2 is 2.15 bits per heavy atom. The average molecular weight is 357 g/mol. The molecule has 3 heterocycles. The zero-order chi connectivity index (χ0) is 18.1. The van der Waals surface area contributed by atoms with Crippen LogP contribution in [0.3, 0.4) is 0 Å². The van der Waals surface area contributed by atoms with Crippen LogP contribution in [0.5, 0.6) is 17.5 Å². The molecule has 4 rings (SSSR count). The largest absolute Gasteiger partial charge is 0.497 e. The summed E-state index contributed by atoms with van der Waals surface area (Å²) in [6.07, 6.45) is 3.39. The van der Waals surface area contributed by atoms with Crippen molar-refractivity contribution in [2.75, 3.05) is 26.1 Å². The summed E-state index contributed by atoms with van der Waals surface area (Å²) in [6.45, 7) is 0.704. The first-order valence-corrected chi connectivity index (χ1v) is 8.24. The fourth-order valence-electron chi connectivity index (χ4n) is 3.01. The lowest BCUT2D eigenvalue weighted by atomic mass is 10.2. The molecule has 9 heteroatoms. The minimum Gasteiger partial charge on any atom is -0.497 e. The van der Waals surface area contributed by atoms with Crippen LogP contribution < -0.4 is 14.8 Å². The van der Waals surface area contributed by atoms with E-state index in [4.69, 9.17) is 14.2 Å². The Bertz CT molecular complexity index is 936. The Labute approximate surface area is 149 Å². The highest BCUT2D eigenvalue weighted by Crippen LogP contribution is 2.34. The highest BCUT2D eigenvalue weighted by molar-refractivity contribution is 5.86. The second-order valence-electron chi connectivity index (χ2n) is 5.86. The number of anilines is 2. The number of hydrogen-bond acceptors (Lipinski definition) is 8. The Hall–Kier alpha value is -3.07. The number of ether oxygens (including phenoxy) is 3. The van der Waals surface area contributed by atoms with Gasteiger partial charge in [0.15, 0.2) is 17.0 Å². The van der Waals surface area contributed by atoms with E-state index in [-0.39, 0.29) is 12.2 Å². The number of nitrogens with zero attached hydrogens (tertiary/aromatic N) is 4. The van der Waals surface area contributed by atoms with Crippen molar-refractivity contribution in [2.24, 2.45) is 0 Å². The van der Waals surface area contributed by atoms with Gasteiger partial charge in [-0.15, -0.1) is 0 Å². The quantitative estimate of drug-likeness (QED) is 0.718. The van der Waals surface area contributed by atoms with Crippen LogP contribution >= 0.6 is 0 Å². The fourth-order valence-corrected chi connectivity index (χ4v) is 3.01. The number of aromatic hydroxyl groups is 1. The monoisotopic (exact) mass is 357 g/mol. The van der Waals surface area contributed by atoms with E-state index in [1.807, 2.05) is 4.57 Å². The molecular weight excluding hydrogens is 338 g/mol. The van der Waals surface area contributed by atoms with Crippen molar-refractivity contribution >= 4 is 22.7 Å². The standard InChI is InChI=1S/C17H19N5O4/c1-24-10-5-6-11(12(8-10)25-2)19-15-14-16(21-17(23)20-15)22(9-18-14)13-4-3-7-26-13/h5-6,8-9,13H,3-4,7H2,1-2H3,(H2,19,20,21,23). The van der Waals surface area contributed by atoms with Crippen LogP contribution in [0.2, 0.25) is 0 Å². The molecular formula is C17H19N5O4. The Kier molecular flexibility index (Phi) is 4.21. The molecule has 0 aliphatic carbocycles. The molecule has 1 aliphatic heterocycles. The van der Waals surface area contributed by atoms with Gasteiger partial charge in [0.2, 0.25) is 0 Å². The van der Waals surface area contributed by atoms with E-state index >= 15 is 0 Å². The molecule has 1 unspecified atom stereocenters. The molecule has 0 spiro atoms. The average Bonchev–Trinajstić information content (AvgIpc) is 3.31. The molecule has 26 heavy (non-hydrogen) atoms. The molecule has 1 aromatic carbocycles. The normalized spacial score (nSPS) is 16.8. The van der Waals surface area contributed by atoms with E-state index in [9.17, 15) is 5.11 Å². The predicted molar refractivity (Wildman–Crippen MR) is 94.0 cm³/mol. The summed E-state index contributed by atoms with van der Waals surface area (Å²) < 4.78 is 18.1. The summed E-state index contributed by atoms with van der Waals surface area (Å²) in [5.41, 5.74) is 1.72. The molecule has 2 N–H and O–H groups in total. The third-order valence-electron chi connectivity index (χ3n) is 4.29. The van der Waals surface area contributed by atoms with Crippen LogP contribution in [-0.4, -0.2) is 45.5 Å². The van der Waals surface area contributed by atoms with E-state index in [1.165, 1.54) is 0 Å². The van der Waals surface area contributed by atoms with Crippen molar-refractivity contribution in [3.05, 3.63) is 24.5 Å². The first-order chi connectivity index (χ1) is 12.7. The molecule has 9 nitrogen and oxygen atoms in total. The van der Waals surface area contributed by atoms with Gasteiger partial charge in [0.25, 0.3) is 0 Å². The molecule has 136 valence electrons. The van der Waals surface area contributed by atoms with E-state index < -0.39 is 0 Å². The highest BCUT2D eigenvalue weighted by Gasteiger charge is 2.22. The molecule has 0 bridgehead atoms. The maximum atomic E-state index is 9.99. The van der Waals surface area contributed by atoms with E-state index in [0.29, 0.717) is 40.8 Å². The van der Waals surface area contributed by atoms with Gasteiger partial charge in [0.05, 0.1) is 26.2 Å². The number of hydrogen-bond donors (Lipinski definition) is 2. The van der Waals surface area contributed by atoms with Gasteiger partial charge in [-0.3, -0.25) is 4.57 Å². The van der Waals surface area contributed by atoms with Gasteiger partial charge >= 0.3 is 6.01 Å². The first-order valence-electron chi connectivity index (χ1n) is 8.24. The first kappa shape index (κ1) is 16.4. The Morgan fingerprint density at radius 1 is 1.27 bits per heavy atom. The summed E-state index contributed by atoms with van der Waals surface area (Å²) in [4.78, 5) is 12.6. The molecule has 2 aromatic heterocycles. The van der Waals surface area contributed by atoms with Gasteiger partial charge in [-0.2, -0.15) is 9.97 Å². The Balaban J connectivity index is 1.75. The molecule has 0 radical (unpaired) electrons. The number of aromatic nitrogens is 4. The summed E-state index contributed by atoms with van der Waals surface area (Å²) in [5.74, 6) is 1.63. The smallest absolute Gasteiger partial charge is 0.318 e. The Morgan fingerprint density at radius 3 is 2.88 bits per heavy atom. The molecule has 0 saturated carbocycles. The summed E-state index contributed by atoms with van der Waals surface area (Å²) >= 11 is 0. The lowest BCUT2D eigenvalue weighted by molar-refractivity contribution is 0.0592. The van der Waals surface area contributed by atoms with Gasteiger partial charge in [-0.05, 0) is 25.0 Å². The minimum atomic E-state index is -0.341. The SMILES string of the molecule is COc1ccc(Nc2nc(O)nc3c2ncn3C2CCCO2)c(OC)c1. The predicted octanol–water partition coefficient (Wildman–Crippen LogP) is 2.60. The van der Waals surface area contributed by atoms with Crippen LogP contribution in [0.4, 0.5) is 11.5 Å². The number of benzene rings is 1. The summed E-state index contributed by atoms with van der Waals surface area (Å²) in [7, 11) is 3.16.